The molecule has 29 heavy (non-hydrogen) atoms. The minimum Gasteiger partial charge on any atom is -0.404 e. The van der Waals surface area contributed by atoms with Crippen LogP contribution < -0.4 is 11.1 Å². The summed E-state index contributed by atoms with van der Waals surface area (Å²) < 4.78 is 42.6. The molecule has 2 aromatic carbocycles. The Kier molecular flexibility index (Phi) is 5.38. The molecule has 0 aromatic heterocycles. The number of rotatable bonds is 5. The standard InChI is InChI=1S/C20H20F3N3O3/c1-26-16(27)18(15-10-6-3-7-11-15,13-12-14-8-4-2-5-9-14)25-20(26,24)29-17(28)19(21,22)23/h2-11,25H,12-13,24H2,1H3. The van der Waals surface area contributed by atoms with E-state index in [1.807, 2.05) is 30.3 Å². The third-order valence-corrected chi connectivity index (χ3v) is 4.94. The smallest absolute Gasteiger partial charge is 0.404 e. The molecule has 0 saturated carbocycles. The number of amides is 1. The molecule has 0 radical (unpaired) electrons. The Bertz CT molecular complexity index is 892. The van der Waals surface area contributed by atoms with E-state index in [9.17, 15) is 22.8 Å². The highest BCUT2D eigenvalue weighted by Crippen LogP contribution is 2.38. The number of esters is 1. The van der Waals surface area contributed by atoms with E-state index in [-0.39, 0.29) is 6.42 Å². The van der Waals surface area contributed by atoms with Gasteiger partial charge in [-0.05, 0) is 24.0 Å². The van der Waals surface area contributed by atoms with Gasteiger partial charge in [-0.25, -0.2) is 10.1 Å². The van der Waals surface area contributed by atoms with Gasteiger partial charge in [-0.3, -0.25) is 15.4 Å². The van der Waals surface area contributed by atoms with Crippen LogP contribution in [0.2, 0.25) is 0 Å². The monoisotopic (exact) mass is 407 g/mol. The molecule has 1 aliphatic heterocycles. The second-order valence-electron chi connectivity index (χ2n) is 6.83. The number of nitrogens with two attached hydrogens (primary N) is 1. The second-order valence-corrected chi connectivity index (χ2v) is 6.83. The SMILES string of the molecule is CN1C(=O)C(CCc2ccccc2)(c2ccccc2)NC1(N)OC(=O)C(F)(F)F. The van der Waals surface area contributed by atoms with Gasteiger partial charge >= 0.3 is 18.1 Å². The highest BCUT2D eigenvalue weighted by Gasteiger charge is 2.60. The van der Waals surface area contributed by atoms with Crippen LogP contribution in [0.3, 0.4) is 0 Å². The van der Waals surface area contributed by atoms with Crippen molar-refractivity contribution in [2.24, 2.45) is 5.73 Å². The van der Waals surface area contributed by atoms with Gasteiger partial charge in [0, 0.05) is 7.05 Å². The topological polar surface area (TPSA) is 84.7 Å². The number of hydrogen-bond acceptors (Lipinski definition) is 5. The molecule has 154 valence electrons. The zero-order valence-corrected chi connectivity index (χ0v) is 15.6. The normalized spacial score (nSPS) is 24.6. The molecule has 6 nitrogen and oxygen atoms in total. The van der Waals surface area contributed by atoms with E-state index >= 15 is 0 Å². The summed E-state index contributed by atoms with van der Waals surface area (Å²) in [5.74, 6) is -5.54. The van der Waals surface area contributed by atoms with Crippen LogP contribution in [0.4, 0.5) is 13.2 Å². The first-order chi connectivity index (χ1) is 13.6. The van der Waals surface area contributed by atoms with Crippen LogP contribution in [-0.2, 0) is 26.3 Å². The van der Waals surface area contributed by atoms with Gasteiger partial charge in [-0.1, -0.05) is 60.7 Å². The van der Waals surface area contributed by atoms with Crippen molar-refractivity contribution >= 4 is 11.9 Å². The lowest BCUT2D eigenvalue weighted by Crippen LogP contribution is -2.64. The Morgan fingerprint density at radius 1 is 1.10 bits per heavy atom. The Morgan fingerprint density at radius 2 is 1.66 bits per heavy atom. The number of ether oxygens (including phenoxy) is 1. The van der Waals surface area contributed by atoms with E-state index in [0.29, 0.717) is 12.0 Å². The predicted molar refractivity (Wildman–Crippen MR) is 97.9 cm³/mol. The van der Waals surface area contributed by atoms with Crippen molar-refractivity contribution in [3.8, 4) is 0 Å². The van der Waals surface area contributed by atoms with Crippen molar-refractivity contribution in [3.05, 3.63) is 71.8 Å². The number of hydrogen-bond donors (Lipinski definition) is 2. The highest BCUT2D eigenvalue weighted by molar-refractivity contribution is 5.91. The molecule has 1 saturated heterocycles. The van der Waals surface area contributed by atoms with E-state index < -0.39 is 29.6 Å². The Balaban J connectivity index is 1.97. The maximum atomic E-state index is 13.2. The van der Waals surface area contributed by atoms with Gasteiger partial charge in [-0.2, -0.15) is 13.2 Å². The van der Waals surface area contributed by atoms with Crippen molar-refractivity contribution in [2.75, 3.05) is 7.05 Å². The number of benzene rings is 2. The van der Waals surface area contributed by atoms with Crippen LogP contribution in [0, 0.1) is 0 Å². The molecule has 2 unspecified atom stereocenters. The maximum Gasteiger partial charge on any atom is 0.491 e. The fourth-order valence-corrected chi connectivity index (χ4v) is 3.38. The molecule has 0 spiro atoms. The summed E-state index contributed by atoms with van der Waals surface area (Å²) in [5.41, 5.74) is 5.89. The summed E-state index contributed by atoms with van der Waals surface area (Å²) >= 11 is 0. The molecule has 0 bridgehead atoms. The summed E-state index contributed by atoms with van der Waals surface area (Å²) in [6.07, 6.45) is -4.63. The molecular weight excluding hydrogens is 387 g/mol. The van der Waals surface area contributed by atoms with Crippen LogP contribution in [0.25, 0.3) is 0 Å². The van der Waals surface area contributed by atoms with E-state index in [1.165, 1.54) is 7.05 Å². The lowest BCUT2D eigenvalue weighted by molar-refractivity contribution is -0.229. The molecule has 1 amide bonds. The first-order valence-corrected chi connectivity index (χ1v) is 8.85. The second kappa shape index (κ2) is 7.49. The Morgan fingerprint density at radius 3 is 2.21 bits per heavy atom. The number of carbonyl (C=O) groups is 2. The summed E-state index contributed by atoms with van der Waals surface area (Å²) in [6.45, 7) is 0. The van der Waals surface area contributed by atoms with Crippen LogP contribution in [-0.4, -0.2) is 36.0 Å². The number of likely N-dealkylation sites (N-methyl/N-ethyl adjacent to an activating group) is 1. The van der Waals surface area contributed by atoms with Gasteiger partial charge in [0.1, 0.15) is 5.54 Å². The summed E-state index contributed by atoms with van der Waals surface area (Å²) in [5, 5.41) is 2.68. The quantitative estimate of drug-likeness (QED) is 0.587. The first-order valence-electron chi connectivity index (χ1n) is 8.85. The van der Waals surface area contributed by atoms with Crippen molar-refractivity contribution in [1.29, 1.82) is 0 Å². The summed E-state index contributed by atoms with van der Waals surface area (Å²) in [7, 11) is 1.19. The van der Waals surface area contributed by atoms with E-state index in [0.717, 1.165) is 10.5 Å². The van der Waals surface area contributed by atoms with Crippen LogP contribution >= 0.6 is 0 Å². The average Bonchev–Trinajstić information content (AvgIpc) is 2.89. The minimum atomic E-state index is -5.25. The number of nitrogens with zero attached hydrogens (tertiary/aromatic N) is 1. The molecule has 0 aliphatic carbocycles. The third-order valence-electron chi connectivity index (χ3n) is 4.94. The van der Waals surface area contributed by atoms with Gasteiger partial charge in [-0.15, -0.1) is 0 Å². The van der Waals surface area contributed by atoms with Crippen LogP contribution in [0.15, 0.2) is 60.7 Å². The minimum absolute atomic E-state index is 0.187. The van der Waals surface area contributed by atoms with Crippen LogP contribution in [0.5, 0.6) is 0 Å². The maximum absolute atomic E-state index is 13.2. The molecule has 9 heteroatoms. The van der Waals surface area contributed by atoms with Gasteiger partial charge < -0.3 is 4.74 Å². The Labute approximate surface area is 165 Å². The van der Waals surface area contributed by atoms with Crippen molar-refractivity contribution in [2.45, 2.75) is 30.5 Å². The lowest BCUT2D eigenvalue weighted by Gasteiger charge is -2.32. The van der Waals surface area contributed by atoms with E-state index in [1.54, 1.807) is 30.3 Å². The van der Waals surface area contributed by atoms with Crippen LogP contribution in [0.1, 0.15) is 17.5 Å². The number of carbonyl (C=O) groups excluding carboxylic acids is 2. The van der Waals surface area contributed by atoms with Gasteiger partial charge in [0.25, 0.3) is 5.91 Å². The fraction of sp³-hybridized carbons (Fsp3) is 0.300. The van der Waals surface area contributed by atoms with Crippen molar-refractivity contribution < 1.29 is 27.5 Å². The summed E-state index contributed by atoms with van der Waals surface area (Å²) in [6, 6.07) is 17.8. The van der Waals surface area contributed by atoms with E-state index in [2.05, 4.69) is 10.1 Å². The zero-order valence-electron chi connectivity index (χ0n) is 15.6. The van der Waals surface area contributed by atoms with Crippen molar-refractivity contribution in [3.63, 3.8) is 0 Å². The summed E-state index contributed by atoms with van der Waals surface area (Å²) in [4.78, 5) is 25.4. The zero-order chi connectivity index (χ0) is 21.3. The average molecular weight is 407 g/mol. The van der Waals surface area contributed by atoms with Gasteiger partial charge in [0.15, 0.2) is 0 Å². The number of halogens is 3. The first kappa shape index (κ1) is 20.8. The molecule has 1 heterocycles. The van der Waals surface area contributed by atoms with E-state index in [4.69, 9.17) is 5.73 Å². The molecule has 2 aromatic rings. The van der Waals surface area contributed by atoms with Crippen molar-refractivity contribution in [1.82, 2.24) is 10.2 Å². The molecule has 3 rings (SSSR count). The number of aryl methyl sites for hydroxylation is 1. The molecular formula is C20H20F3N3O3. The molecule has 1 aliphatic rings. The number of nitrogens with one attached hydrogen (secondary N) is 1. The Hall–Kier alpha value is -2.91. The molecule has 3 N–H and O–H groups in total. The van der Waals surface area contributed by atoms with Gasteiger partial charge in [0.05, 0.1) is 0 Å². The molecule has 2 atom stereocenters. The molecule has 1 fully saturated rings. The number of alkyl halides is 3. The highest BCUT2D eigenvalue weighted by atomic mass is 19.4. The predicted octanol–water partition coefficient (Wildman–Crippen LogP) is 2.25. The fourth-order valence-electron chi connectivity index (χ4n) is 3.38. The third kappa shape index (κ3) is 3.96. The largest absolute Gasteiger partial charge is 0.491 e. The van der Waals surface area contributed by atoms with Gasteiger partial charge in [0.2, 0.25) is 0 Å². The lowest BCUT2D eigenvalue weighted by atomic mass is 9.84.